The number of alkyl halides is 3. The van der Waals surface area contributed by atoms with Crippen LogP contribution in [-0.2, 0) is 4.79 Å². The van der Waals surface area contributed by atoms with E-state index >= 15 is 0 Å². The Balaban J connectivity index is 0.000000360. The fourth-order valence-electron chi connectivity index (χ4n) is 3.41. The first-order valence-corrected chi connectivity index (χ1v) is 9.41. The summed E-state index contributed by atoms with van der Waals surface area (Å²) in [4.78, 5) is 23.7. The maximum Gasteiger partial charge on any atom is 0.490 e. The van der Waals surface area contributed by atoms with Crippen LogP contribution < -0.4 is 15.5 Å². The van der Waals surface area contributed by atoms with E-state index in [1.165, 1.54) is 6.07 Å². The Morgan fingerprint density at radius 1 is 1.22 bits per heavy atom. The van der Waals surface area contributed by atoms with Gasteiger partial charge in [-0.1, -0.05) is 0 Å². The van der Waals surface area contributed by atoms with E-state index < -0.39 is 17.1 Å². The number of aromatic nitrogens is 2. The zero-order valence-electron chi connectivity index (χ0n) is 16.5. The molecule has 0 spiro atoms. The number of rotatable bonds is 3. The molecule has 0 amide bonds. The zero-order chi connectivity index (χ0) is 23.6. The highest BCUT2D eigenvalue weighted by atomic mass is 19.4. The Labute approximate surface area is 179 Å². The quantitative estimate of drug-likeness (QED) is 0.516. The van der Waals surface area contributed by atoms with Crippen LogP contribution in [0.25, 0.3) is 10.8 Å². The Morgan fingerprint density at radius 2 is 1.81 bits per heavy atom. The third-order valence-electron chi connectivity index (χ3n) is 5.07. The minimum atomic E-state index is -5.08. The van der Waals surface area contributed by atoms with Crippen LogP contribution in [0.5, 0.6) is 0 Å². The van der Waals surface area contributed by atoms with Crippen molar-refractivity contribution >= 4 is 34.1 Å². The predicted molar refractivity (Wildman–Crippen MR) is 106 cm³/mol. The molecule has 4 rings (SSSR count). The number of carboxylic acid groups (broad SMARTS) is 1. The molecule has 0 saturated carbocycles. The molecule has 2 aromatic rings. The lowest BCUT2D eigenvalue weighted by molar-refractivity contribution is -0.384. The number of halogens is 3. The SMILES string of the molecule is N#CC1CN(c2nnc(N3CC[C@@H](N)C3)c3ccc([N+](=O)[O-])cc23)C1.O=C(O)C(F)(F)F. The van der Waals surface area contributed by atoms with Crippen LogP contribution in [0.4, 0.5) is 30.5 Å². The van der Waals surface area contributed by atoms with Crippen molar-refractivity contribution in [2.45, 2.75) is 18.6 Å². The van der Waals surface area contributed by atoms with E-state index in [-0.39, 0.29) is 17.6 Å². The summed E-state index contributed by atoms with van der Waals surface area (Å²) in [6.07, 6.45) is -4.20. The van der Waals surface area contributed by atoms with Crippen molar-refractivity contribution in [3.8, 4) is 6.07 Å². The van der Waals surface area contributed by atoms with E-state index in [9.17, 15) is 23.3 Å². The zero-order valence-corrected chi connectivity index (χ0v) is 16.5. The summed E-state index contributed by atoms with van der Waals surface area (Å²) < 4.78 is 31.7. The van der Waals surface area contributed by atoms with Crippen molar-refractivity contribution in [1.29, 1.82) is 5.26 Å². The third kappa shape index (κ3) is 4.78. The van der Waals surface area contributed by atoms with Crippen molar-refractivity contribution < 1.29 is 28.0 Å². The average molecular weight is 453 g/mol. The van der Waals surface area contributed by atoms with Gasteiger partial charge in [-0.05, 0) is 12.5 Å². The van der Waals surface area contributed by atoms with Crippen LogP contribution in [-0.4, -0.2) is 64.6 Å². The molecule has 1 atom stereocenters. The maximum absolute atomic E-state index is 11.2. The van der Waals surface area contributed by atoms with Crippen LogP contribution in [0.1, 0.15) is 6.42 Å². The standard InChI is InChI=1S/C16H17N7O2.C2HF3O2/c17-6-10-7-22(8-10)16-14-5-12(23(24)25)1-2-13(14)15(19-20-16)21-4-3-11(18)9-21;3-2(4,5)1(6)7/h1-2,5,10-11H,3-4,7-9,18H2;(H,6,7)/t11-;/m1./s1. The number of nitrogens with two attached hydrogens (primary N) is 1. The molecular weight excluding hydrogens is 435 g/mol. The molecule has 2 saturated heterocycles. The van der Waals surface area contributed by atoms with E-state index in [2.05, 4.69) is 21.2 Å². The first kappa shape index (κ1) is 22.9. The molecule has 3 heterocycles. The van der Waals surface area contributed by atoms with E-state index in [0.29, 0.717) is 36.7 Å². The Hall–Kier alpha value is -3.73. The summed E-state index contributed by atoms with van der Waals surface area (Å²) in [5.74, 6) is -1.49. The van der Waals surface area contributed by atoms with Gasteiger partial charge in [0.05, 0.1) is 16.9 Å². The summed E-state index contributed by atoms with van der Waals surface area (Å²) in [6, 6.07) is 7.07. The summed E-state index contributed by atoms with van der Waals surface area (Å²) in [7, 11) is 0. The second-order valence-corrected chi connectivity index (χ2v) is 7.36. The summed E-state index contributed by atoms with van der Waals surface area (Å²) in [5, 5.41) is 37.5. The van der Waals surface area contributed by atoms with E-state index in [0.717, 1.165) is 18.4 Å². The number of nitro groups is 1. The van der Waals surface area contributed by atoms with Crippen molar-refractivity contribution in [3.63, 3.8) is 0 Å². The lowest BCUT2D eigenvalue weighted by Gasteiger charge is -2.36. The second-order valence-electron chi connectivity index (χ2n) is 7.36. The van der Waals surface area contributed by atoms with Gasteiger partial charge in [-0.3, -0.25) is 10.1 Å². The molecule has 0 aliphatic carbocycles. The van der Waals surface area contributed by atoms with Gasteiger partial charge in [0, 0.05) is 55.1 Å². The molecule has 11 nitrogen and oxygen atoms in total. The van der Waals surface area contributed by atoms with Crippen molar-refractivity contribution in [2.75, 3.05) is 36.0 Å². The van der Waals surface area contributed by atoms with Gasteiger partial charge in [-0.15, -0.1) is 10.2 Å². The highest BCUT2D eigenvalue weighted by Crippen LogP contribution is 2.36. The van der Waals surface area contributed by atoms with Crippen molar-refractivity contribution in [2.24, 2.45) is 11.7 Å². The van der Waals surface area contributed by atoms with E-state index in [1.54, 1.807) is 12.1 Å². The number of nitro benzene ring substituents is 1. The monoisotopic (exact) mass is 453 g/mol. The molecule has 0 unspecified atom stereocenters. The molecule has 170 valence electrons. The number of benzene rings is 1. The van der Waals surface area contributed by atoms with Gasteiger partial charge in [-0.2, -0.15) is 18.4 Å². The van der Waals surface area contributed by atoms with Crippen molar-refractivity contribution in [1.82, 2.24) is 10.2 Å². The highest BCUT2D eigenvalue weighted by molar-refractivity contribution is 6.00. The van der Waals surface area contributed by atoms with Gasteiger partial charge in [0.15, 0.2) is 11.6 Å². The fraction of sp³-hybridized carbons (Fsp3) is 0.444. The van der Waals surface area contributed by atoms with Crippen LogP contribution in [0.2, 0.25) is 0 Å². The lowest BCUT2D eigenvalue weighted by Crippen LogP contribution is -2.46. The molecule has 0 radical (unpaired) electrons. The smallest absolute Gasteiger partial charge is 0.475 e. The maximum atomic E-state index is 11.2. The number of non-ortho nitro benzene ring substituents is 1. The molecule has 1 aromatic heterocycles. The Bertz CT molecular complexity index is 1080. The topological polar surface area (TPSA) is 163 Å². The number of nitrogens with zero attached hydrogens (tertiary/aromatic N) is 6. The second kappa shape index (κ2) is 8.79. The molecule has 32 heavy (non-hydrogen) atoms. The number of hydrogen-bond donors (Lipinski definition) is 2. The van der Waals surface area contributed by atoms with Crippen LogP contribution >= 0.6 is 0 Å². The molecule has 2 aliphatic rings. The Kier molecular flexibility index (Phi) is 6.30. The Morgan fingerprint density at radius 3 is 2.28 bits per heavy atom. The van der Waals surface area contributed by atoms with Gasteiger partial charge in [-0.25, -0.2) is 4.79 Å². The van der Waals surface area contributed by atoms with Crippen molar-refractivity contribution in [3.05, 3.63) is 28.3 Å². The van der Waals surface area contributed by atoms with Gasteiger partial charge in [0.1, 0.15) is 0 Å². The number of nitriles is 1. The molecular formula is C18H18F3N7O4. The molecule has 3 N–H and O–H groups in total. The van der Waals surface area contributed by atoms with Crippen LogP contribution in [0, 0.1) is 27.4 Å². The highest BCUT2D eigenvalue weighted by Gasteiger charge is 2.38. The summed E-state index contributed by atoms with van der Waals surface area (Å²) >= 11 is 0. The predicted octanol–water partition coefficient (Wildman–Crippen LogP) is 1.67. The number of anilines is 2. The number of fused-ring (bicyclic) bond motifs is 1. The minimum Gasteiger partial charge on any atom is -0.475 e. The van der Waals surface area contributed by atoms with E-state index in [1.807, 2.05) is 4.90 Å². The molecule has 2 aliphatic heterocycles. The first-order chi connectivity index (χ1) is 15.0. The minimum absolute atomic E-state index is 0.0168. The van der Waals surface area contributed by atoms with E-state index in [4.69, 9.17) is 20.9 Å². The molecule has 14 heteroatoms. The van der Waals surface area contributed by atoms with Crippen LogP contribution in [0.15, 0.2) is 18.2 Å². The number of aliphatic carboxylic acids is 1. The third-order valence-corrected chi connectivity index (χ3v) is 5.07. The normalized spacial score (nSPS) is 18.5. The fourth-order valence-corrected chi connectivity index (χ4v) is 3.41. The van der Waals surface area contributed by atoms with Gasteiger partial charge in [0.2, 0.25) is 0 Å². The molecule has 1 aromatic carbocycles. The summed E-state index contributed by atoms with van der Waals surface area (Å²) in [6.45, 7) is 2.62. The average Bonchev–Trinajstić information content (AvgIpc) is 3.12. The van der Waals surface area contributed by atoms with Crippen LogP contribution in [0.3, 0.4) is 0 Å². The van der Waals surface area contributed by atoms with Gasteiger partial charge in [0.25, 0.3) is 5.69 Å². The summed E-state index contributed by atoms with van der Waals surface area (Å²) in [5.41, 5.74) is 6.01. The number of hydrogen-bond acceptors (Lipinski definition) is 9. The molecule has 0 bridgehead atoms. The number of carboxylic acids is 1. The van der Waals surface area contributed by atoms with Gasteiger partial charge >= 0.3 is 12.1 Å². The number of carbonyl (C=O) groups is 1. The molecule has 2 fully saturated rings. The first-order valence-electron chi connectivity index (χ1n) is 9.41. The van der Waals surface area contributed by atoms with Gasteiger partial charge < -0.3 is 20.6 Å². The largest absolute Gasteiger partial charge is 0.490 e. The lowest BCUT2D eigenvalue weighted by atomic mass is 10.0.